The van der Waals surface area contributed by atoms with Crippen molar-refractivity contribution in [3.8, 4) is 5.69 Å². The molecular formula is C14H18ClN3. The number of nitrogens with zero attached hydrogens (tertiary/aromatic N) is 2. The van der Waals surface area contributed by atoms with Gasteiger partial charge in [0.15, 0.2) is 0 Å². The molecule has 4 heteroatoms. The average Bonchev–Trinajstić information content (AvgIpc) is 2.80. The lowest BCUT2D eigenvalue weighted by molar-refractivity contribution is 0.497. The molecule has 1 heterocycles. The van der Waals surface area contributed by atoms with E-state index in [1.54, 1.807) is 6.33 Å². The highest BCUT2D eigenvalue weighted by Gasteiger charge is 2.17. The van der Waals surface area contributed by atoms with Crippen LogP contribution in [-0.2, 0) is 0 Å². The molecule has 1 atom stereocenters. The molecule has 1 aromatic heterocycles. The molecule has 2 aromatic rings. The molecule has 0 aliphatic heterocycles. The van der Waals surface area contributed by atoms with Gasteiger partial charge in [-0.05, 0) is 30.5 Å². The van der Waals surface area contributed by atoms with E-state index in [0.29, 0.717) is 10.9 Å². The second-order valence-electron chi connectivity index (χ2n) is 4.91. The van der Waals surface area contributed by atoms with E-state index in [-0.39, 0.29) is 6.04 Å². The topological polar surface area (TPSA) is 43.8 Å². The molecule has 0 bridgehead atoms. The Labute approximate surface area is 113 Å². The molecule has 18 heavy (non-hydrogen) atoms. The molecule has 0 saturated heterocycles. The summed E-state index contributed by atoms with van der Waals surface area (Å²) in [7, 11) is 0. The summed E-state index contributed by atoms with van der Waals surface area (Å²) in [5, 5.41) is 0.704. The van der Waals surface area contributed by atoms with Crippen LogP contribution < -0.4 is 5.73 Å². The Hall–Kier alpha value is -1.32. The molecule has 2 rings (SSSR count). The number of rotatable bonds is 3. The fourth-order valence-electron chi connectivity index (χ4n) is 1.90. The SMILES string of the molecule is Cc1ccc(Cl)c(-n2cncc2C(N)C(C)C)c1. The molecule has 2 N–H and O–H groups in total. The van der Waals surface area contributed by atoms with Crippen LogP contribution in [0.4, 0.5) is 0 Å². The number of aryl methyl sites for hydroxylation is 1. The van der Waals surface area contributed by atoms with Gasteiger partial charge in [-0.1, -0.05) is 31.5 Å². The Bertz CT molecular complexity index is 546. The predicted octanol–water partition coefficient (Wildman–Crippen LogP) is 3.49. The van der Waals surface area contributed by atoms with E-state index in [9.17, 15) is 0 Å². The molecule has 1 unspecified atom stereocenters. The smallest absolute Gasteiger partial charge is 0.0995 e. The van der Waals surface area contributed by atoms with E-state index < -0.39 is 0 Å². The van der Waals surface area contributed by atoms with Crippen molar-refractivity contribution in [2.45, 2.75) is 26.8 Å². The van der Waals surface area contributed by atoms with Gasteiger partial charge in [-0.15, -0.1) is 0 Å². The number of hydrogen-bond donors (Lipinski definition) is 1. The highest BCUT2D eigenvalue weighted by Crippen LogP contribution is 2.26. The van der Waals surface area contributed by atoms with Crippen LogP contribution in [0.25, 0.3) is 5.69 Å². The van der Waals surface area contributed by atoms with Gasteiger partial charge in [0.05, 0.1) is 28.9 Å². The lowest BCUT2D eigenvalue weighted by Gasteiger charge is -2.18. The summed E-state index contributed by atoms with van der Waals surface area (Å²) in [5.74, 6) is 0.351. The summed E-state index contributed by atoms with van der Waals surface area (Å²) in [6.07, 6.45) is 3.57. The second-order valence-corrected chi connectivity index (χ2v) is 5.32. The molecule has 0 saturated carbocycles. The summed E-state index contributed by atoms with van der Waals surface area (Å²) >= 11 is 6.25. The van der Waals surface area contributed by atoms with E-state index in [1.165, 1.54) is 0 Å². The largest absolute Gasteiger partial charge is 0.322 e. The molecule has 0 radical (unpaired) electrons. The van der Waals surface area contributed by atoms with Gasteiger partial charge >= 0.3 is 0 Å². The maximum absolute atomic E-state index is 6.25. The van der Waals surface area contributed by atoms with Crippen molar-refractivity contribution < 1.29 is 0 Å². The first kappa shape index (κ1) is 13.1. The van der Waals surface area contributed by atoms with Crippen LogP contribution in [0.5, 0.6) is 0 Å². The first-order valence-electron chi connectivity index (χ1n) is 6.05. The Balaban J connectivity index is 2.52. The minimum absolute atomic E-state index is 0.0518. The van der Waals surface area contributed by atoms with Crippen LogP contribution in [0.3, 0.4) is 0 Å². The number of halogens is 1. The Morgan fingerprint density at radius 2 is 2.06 bits per heavy atom. The summed E-state index contributed by atoms with van der Waals surface area (Å²) in [6.45, 7) is 6.23. The Morgan fingerprint density at radius 1 is 1.33 bits per heavy atom. The van der Waals surface area contributed by atoms with Crippen LogP contribution in [0.2, 0.25) is 5.02 Å². The number of hydrogen-bond acceptors (Lipinski definition) is 2. The van der Waals surface area contributed by atoms with Crippen LogP contribution >= 0.6 is 11.6 Å². The molecular weight excluding hydrogens is 246 g/mol. The van der Waals surface area contributed by atoms with Crippen molar-refractivity contribution in [1.29, 1.82) is 0 Å². The normalized spacial score (nSPS) is 13.0. The number of aromatic nitrogens is 2. The third-order valence-electron chi connectivity index (χ3n) is 3.09. The van der Waals surface area contributed by atoms with E-state index in [2.05, 4.69) is 18.8 Å². The quantitative estimate of drug-likeness (QED) is 0.921. The van der Waals surface area contributed by atoms with Gasteiger partial charge in [-0.2, -0.15) is 0 Å². The van der Waals surface area contributed by atoms with Crippen molar-refractivity contribution in [3.63, 3.8) is 0 Å². The second kappa shape index (κ2) is 5.12. The zero-order valence-corrected chi connectivity index (χ0v) is 11.6. The van der Waals surface area contributed by atoms with Crippen molar-refractivity contribution in [3.05, 3.63) is 47.0 Å². The van der Waals surface area contributed by atoms with E-state index in [0.717, 1.165) is 16.9 Å². The molecule has 3 nitrogen and oxygen atoms in total. The average molecular weight is 264 g/mol. The van der Waals surface area contributed by atoms with E-state index in [1.807, 2.05) is 35.9 Å². The number of nitrogens with two attached hydrogens (primary N) is 1. The van der Waals surface area contributed by atoms with Crippen LogP contribution in [0, 0.1) is 12.8 Å². The molecule has 0 fully saturated rings. The summed E-state index contributed by atoms with van der Waals surface area (Å²) < 4.78 is 1.97. The standard InChI is InChI=1S/C14H18ClN3/c1-9(2)14(16)13-7-17-8-18(13)12-6-10(3)4-5-11(12)15/h4-9,14H,16H2,1-3H3. The van der Waals surface area contributed by atoms with Crippen molar-refractivity contribution in [1.82, 2.24) is 9.55 Å². The molecule has 0 spiro atoms. The Kier molecular flexibility index (Phi) is 3.73. The lowest BCUT2D eigenvalue weighted by Crippen LogP contribution is -2.20. The molecule has 96 valence electrons. The van der Waals surface area contributed by atoms with Crippen LogP contribution in [0.15, 0.2) is 30.7 Å². The van der Waals surface area contributed by atoms with Gasteiger partial charge in [-0.25, -0.2) is 4.98 Å². The summed E-state index contributed by atoms with van der Waals surface area (Å²) in [5.41, 5.74) is 9.28. The minimum atomic E-state index is -0.0518. The molecule has 0 amide bonds. The molecule has 1 aromatic carbocycles. The highest BCUT2D eigenvalue weighted by molar-refractivity contribution is 6.32. The summed E-state index contributed by atoms with van der Waals surface area (Å²) in [4.78, 5) is 4.20. The number of imidazole rings is 1. The van der Waals surface area contributed by atoms with Gasteiger partial charge < -0.3 is 10.3 Å². The Morgan fingerprint density at radius 3 is 2.72 bits per heavy atom. The van der Waals surface area contributed by atoms with Gasteiger partial charge in [0.1, 0.15) is 0 Å². The zero-order valence-electron chi connectivity index (χ0n) is 10.9. The molecule has 0 aliphatic carbocycles. The van der Waals surface area contributed by atoms with Gasteiger partial charge in [0.25, 0.3) is 0 Å². The van der Waals surface area contributed by atoms with Gasteiger partial charge in [0.2, 0.25) is 0 Å². The van der Waals surface area contributed by atoms with Crippen molar-refractivity contribution in [2.24, 2.45) is 11.7 Å². The summed E-state index contributed by atoms with van der Waals surface area (Å²) in [6, 6.07) is 5.88. The zero-order chi connectivity index (χ0) is 13.3. The van der Waals surface area contributed by atoms with E-state index in [4.69, 9.17) is 17.3 Å². The maximum atomic E-state index is 6.25. The lowest BCUT2D eigenvalue weighted by atomic mass is 10.0. The third kappa shape index (κ3) is 2.42. The van der Waals surface area contributed by atoms with Crippen molar-refractivity contribution >= 4 is 11.6 Å². The first-order chi connectivity index (χ1) is 8.50. The monoisotopic (exact) mass is 263 g/mol. The third-order valence-corrected chi connectivity index (χ3v) is 3.41. The van der Waals surface area contributed by atoms with E-state index >= 15 is 0 Å². The molecule has 0 aliphatic rings. The van der Waals surface area contributed by atoms with Gasteiger partial charge in [0, 0.05) is 6.04 Å². The first-order valence-corrected chi connectivity index (χ1v) is 6.43. The fourth-order valence-corrected chi connectivity index (χ4v) is 2.11. The minimum Gasteiger partial charge on any atom is -0.322 e. The van der Waals surface area contributed by atoms with Crippen LogP contribution in [0.1, 0.15) is 31.1 Å². The number of benzene rings is 1. The van der Waals surface area contributed by atoms with Crippen molar-refractivity contribution in [2.75, 3.05) is 0 Å². The fraction of sp³-hybridized carbons (Fsp3) is 0.357. The van der Waals surface area contributed by atoms with Gasteiger partial charge in [-0.3, -0.25) is 0 Å². The highest BCUT2D eigenvalue weighted by atomic mass is 35.5. The van der Waals surface area contributed by atoms with Crippen LogP contribution in [-0.4, -0.2) is 9.55 Å². The predicted molar refractivity (Wildman–Crippen MR) is 75.1 cm³/mol. The maximum Gasteiger partial charge on any atom is 0.0995 e.